The van der Waals surface area contributed by atoms with Crippen molar-refractivity contribution in [3.8, 4) is 0 Å². The van der Waals surface area contributed by atoms with Crippen LogP contribution >= 0.6 is 0 Å². The molecule has 9 heteroatoms. The van der Waals surface area contributed by atoms with E-state index in [4.69, 9.17) is 10.3 Å². The lowest BCUT2D eigenvalue weighted by molar-refractivity contribution is 0.482. The van der Waals surface area contributed by atoms with Gasteiger partial charge in [0.05, 0.1) is 10.6 Å². The summed E-state index contributed by atoms with van der Waals surface area (Å²) in [6, 6.07) is 5.56. The van der Waals surface area contributed by atoms with Gasteiger partial charge < -0.3 is 5.73 Å². The third kappa shape index (κ3) is 4.69. The van der Waals surface area contributed by atoms with E-state index in [-0.39, 0.29) is 10.6 Å². The third-order valence-electron chi connectivity index (χ3n) is 1.82. The van der Waals surface area contributed by atoms with Gasteiger partial charge in [0.1, 0.15) is 0 Å². The van der Waals surface area contributed by atoms with Crippen LogP contribution in [0, 0.1) is 0 Å². The first-order valence-electron chi connectivity index (χ1n) is 4.51. The Hall–Kier alpha value is -1.16. The summed E-state index contributed by atoms with van der Waals surface area (Å²) in [4.78, 5) is -0.0622. The predicted molar refractivity (Wildman–Crippen MR) is 62.5 cm³/mol. The van der Waals surface area contributed by atoms with Gasteiger partial charge in [-0.25, -0.2) is 13.1 Å². The van der Waals surface area contributed by atoms with Gasteiger partial charge in [0.15, 0.2) is 0 Å². The van der Waals surface area contributed by atoms with E-state index in [1.54, 1.807) is 0 Å². The van der Waals surface area contributed by atoms with Crippen molar-refractivity contribution in [2.24, 2.45) is 0 Å². The van der Waals surface area contributed by atoms with Crippen molar-refractivity contribution < 1.29 is 21.4 Å². The first-order valence-corrected chi connectivity index (χ1v) is 7.60. The van der Waals surface area contributed by atoms with Crippen LogP contribution in [-0.2, 0) is 20.1 Å². The SMILES string of the molecule is Nc1cccc(S(=O)(=O)NCCS(=O)(=O)O)c1. The molecular weight excluding hydrogens is 268 g/mol. The Kier molecular flexibility index (Phi) is 4.09. The smallest absolute Gasteiger partial charge is 0.266 e. The lowest BCUT2D eigenvalue weighted by atomic mass is 10.3. The number of hydrogen-bond acceptors (Lipinski definition) is 5. The van der Waals surface area contributed by atoms with Gasteiger partial charge in [-0.1, -0.05) is 6.07 Å². The van der Waals surface area contributed by atoms with Gasteiger partial charge >= 0.3 is 0 Å². The second-order valence-corrected chi connectivity index (χ2v) is 6.60. The molecule has 0 spiro atoms. The number of hydrogen-bond donors (Lipinski definition) is 3. The molecule has 0 heterocycles. The van der Waals surface area contributed by atoms with Crippen molar-refractivity contribution in [3.63, 3.8) is 0 Å². The Balaban J connectivity index is 2.77. The minimum atomic E-state index is -4.19. The summed E-state index contributed by atoms with van der Waals surface area (Å²) < 4.78 is 54.6. The van der Waals surface area contributed by atoms with Crippen molar-refractivity contribution >= 4 is 25.8 Å². The van der Waals surface area contributed by atoms with Gasteiger partial charge in [-0.3, -0.25) is 4.55 Å². The number of benzene rings is 1. The van der Waals surface area contributed by atoms with Crippen LogP contribution in [0.5, 0.6) is 0 Å². The fraction of sp³-hybridized carbons (Fsp3) is 0.250. The normalized spacial score (nSPS) is 12.5. The van der Waals surface area contributed by atoms with E-state index in [1.807, 2.05) is 4.72 Å². The quantitative estimate of drug-likeness (QED) is 0.490. The topological polar surface area (TPSA) is 127 Å². The summed E-state index contributed by atoms with van der Waals surface area (Å²) in [5.74, 6) is -0.686. The molecule has 0 bridgehead atoms. The highest BCUT2D eigenvalue weighted by molar-refractivity contribution is 7.89. The van der Waals surface area contributed by atoms with Gasteiger partial charge in [-0.2, -0.15) is 8.42 Å². The van der Waals surface area contributed by atoms with Crippen molar-refractivity contribution in [2.75, 3.05) is 18.0 Å². The van der Waals surface area contributed by atoms with Crippen LogP contribution in [0.1, 0.15) is 0 Å². The minimum Gasteiger partial charge on any atom is -0.399 e. The van der Waals surface area contributed by atoms with Crippen LogP contribution in [-0.4, -0.2) is 33.7 Å². The molecule has 0 saturated heterocycles. The van der Waals surface area contributed by atoms with Crippen LogP contribution in [0.15, 0.2) is 29.2 Å². The lowest BCUT2D eigenvalue weighted by Crippen LogP contribution is -2.29. The van der Waals surface area contributed by atoms with E-state index in [9.17, 15) is 16.8 Å². The zero-order valence-electron chi connectivity index (χ0n) is 8.70. The van der Waals surface area contributed by atoms with Crippen LogP contribution < -0.4 is 10.5 Å². The predicted octanol–water partition coefficient (Wildman–Crippen LogP) is -0.565. The second-order valence-electron chi connectivity index (χ2n) is 3.26. The Morgan fingerprint density at radius 2 is 1.88 bits per heavy atom. The highest BCUT2D eigenvalue weighted by Crippen LogP contribution is 2.12. The lowest BCUT2D eigenvalue weighted by Gasteiger charge is -2.06. The average molecular weight is 280 g/mol. The Morgan fingerprint density at radius 3 is 2.41 bits per heavy atom. The fourth-order valence-corrected chi connectivity index (χ4v) is 2.65. The zero-order valence-corrected chi connectivity index (χ0v) is 10.3. The highest BCUT2D eigenvalue weighted by atomic mass is 32.2. The van der Waals surface area contributed by atoms with Crippen LogP contribution in [0.2, 0.25) is 0 Å². The van der Waals surface area contributed by atoms with Gasteiger partial charge in [-0.15, -0.1) is 0 Å². The minimum absolute atomic E-state index is 0.0622. The molecule has 7 nitrogen and oxygen atoms in total. The van der Waals surface area contributed by atoms with Crippen molar-refractivity contribution in [1.82, 2.24) is 4.72 Å². The van der Waals surface area contributed by atoms with Crippen LogP contribution in [0.25, 0.3) is 0 Å². The summed E-state index contributed by atoms with van der Waals surface area (Å²) >= 11 is 0. The monoisotopic (exact) mass is 280 g/mol. The summed E-state index contributed by atoms with van der Waals surface area (Å²) in [6.07, 6.45) is 0. The number of rotatable bonds is 5. The molecule has 0 radical (unpaired) electrons. The largest absolute Gasteiger partial charge is 0.399 e. The molecule has 17 heavy (non-hydrogen) atoms. The first kappa shape index (κ1) is 13.9. The van der Waals surface area contributed by atoms with Crippen LogP contribution in [0.3, 0.4) is 0 Å². The number of nitrogen functional groups attached to an aromatic ring is 1. The summed E-state index contributed by atoms with van der Waals surface area (Å²) in [5, 5.41) is 0. The second kappa shape index (κ2) is 5.00. The number of nitrogens with two attached hydrogens (primary N) is 1. The van der Waals surface area contributed by atoms with E-state index in [0.29, 0.717) is 0 Å². The van der Waals surface area contributed by atoms with E-state index in [1.165, 1.54) is 24.3 Å². The molecule has 0 atom stereocenters. The molecule has 4 N–H and O–H groups in total. The molecule has 0 saturated carbocycles. The first-order chi connectivity index (χ1) is 7.71. The van der Waals surface area contributed by atoms with Gasteiger partial charge in [0, 0.05) is 12.2 Å². The maximum Gasteiger partial charge on any atom is 0.266 e. The molecule has 0 fully saturated rings. The summed E-state index contributed by atoms with van der Waals surface area (Å²) in [5.41, 5.74) is 5.71. The Labute approximate surface area is 99.4 Å². The molecule has 1 aromatic rings. The maximum absolute atomic E-state index is 11.6. The van der Waals surface area contributed by atoms with Crippen molar-refractivity contribution in [1.29, 1.82) is 0 Å². The van der Waals surface area contributed by atoms with Crippen molar-refractivity contribution in [3.05, 3.63) is 24.3 Å². The Morgan fingerprint density at radius 1 is 1.24 bits per heavy atom. The molecular formula is C8H12N2O5S2. The van der Waals surface area contributed by atoms with Gasteiger partial charge in [0.25, 0.3) is 10.1 Å². The molecule has 0 aliphatic rings. The third-order valence-corrected chi connectivity index (χ3v) is 4.00. The molecule has 0 aliphatic heterocycles. The molecule has 0 aliphatic carbocycles. The van der Waals surface area contributed by atoms with E-state index >= 15 is 0 Å². The zero-order chi connectivity index (χ0) is 13.1. The van der Waals surface area contributed by atoms with Gasteiger partial charge in [0.2, 0.25) is 10.0 Å². The summed E-state index contributed by atoms with van der Waals surface area (Å²) in [7, 11) is -8.00. The summed E-state index contributed by atoms with van der Waals surface area (Å²) in [6.45, 7) is -0.407. The molecule has 1 aromatic carbocycles. The maximum atomic E-state index is 11.6. The molecule has 0 unspecified atom stereocenters. The molecule has 0 aromatic heterocycles. The highest BCUT2D eigenvalue weighted by Gasteiger charge is 2.15. The number of anilines is 1. The fourth-order valence-electron chi connectivity index (χ4n) is 1.07. The van der Waals surface area contributed by atoms with Crippen molar-refractivity contribution in [2.45, 2.75) is 4.90 Å². The Bertz CT molecular complexity index is 594. The van der Waals surface area contributed by atoms with E-state index in [2.05, 4.69) is 0 Å². The van der Waals surface area contributed by atoms with Crippen LogP contribution in [0.4, 0.5) is 5.69 Å². The molecule has 96 valence electrons. The molecule has 1 rings (SSSR count). The van der Waals surface area contributed by atoms with Gasteiger partial charge in [-0.05, 0) is 18.2 Å². The average Bonchev–Trinajstić information content (AvgIpc) is 2.15. The molecule has 0 amide bonds. The number of nitrogens with one attached hydrogen (secondary N) is 1. The standard InChI is InChI=1S/C8H12N2O5S2/c9-7-2-1-3-8(6-7)17(14,15)10-4-5-16(11,12)13/h1-3,6,10H,4-5,9H2,(H,11,12,13). The van der Waals surface area contributed by atoms with E-state index < -0.39 is 32.4 Å². The number of sulfonamides is 1. The van der Waals surface area contributed by atoms with E-state index in [0.717, 1.165) is 0 Å².